The second-order valence-corrected chi connectivity index (χ2v) is 6.29. The van der Waals surface area contributed by atoms with Crippen molar-refractivity contribution in [2.75, 3.05) is 7.11 Å². The van der Waals surface area contributed by atoms with E-state index in [-0.39, 0.29) is 17.9 Å². The van der Waals surface area contributed by atoms with Gasteiger partial charge in [-0.2, -0.15) is 0 Å². The summed E-state index contributed by atoms with van der Waals surface area (Å²) in [5, 5.41) is 3.15. The largest absolute Gasteiger partial charge is 0.497 e. The molecule has 0 aliphatic carbocycles. The summed E-state index contributed by atoms with van der Waals surface area (Å²) in [6.07, 6.45) is 0. The Morgan fingerprint density at radius 3 is 1.77 bits per heavy atom. The van der Waals surface area contributed by atoms with E-state index in [9.17, 15) is 4.79 Å². The highest BCUT2D eigenvalue weighted by atomic mass is 16.5. The zero-order valence-electron chi connectivity index (χ0n) is 15.1. The highest BCUT2D eigenvalue weighted by Crippen LogP contribution is 2.28. The maximum atomic E-state index is 12.7. The molecule has 0 heterocycles. The molecule has 0 aromatic heterocycles. The first-order valence-corrected chi connectivity index (χ1v) is 8.74. The van der Waals surface area contributed by atoms with Gasteiger partial charge in [0.25, 0.3) is 5.91 Å². The number of hydrogen-bond acceptors (Lipinski definition) is 2. The highest BCUT2D eigenvalue weighted by molar-refractivity contribution is 5.94. The molecule has 1 atom stereocenters. The van der Waals surface area contributed by atoms with Crippen molar-refractivity contribution in [1.82, 2.24) is 5.32 Å². The Hall–Kier alpha value is -3.07. The third-order valence-corrected chi connectivity index (χ3v) is 4.53. The molecule has 0 saturated carbocycles. The zero-order chi connectivity index (χ0) is 18.4. The highest BCUT2D eigenvalue weighted by Gasteiger charge is 2.23. The van der Waals surface area contributed by atoms with Crippen molar-refractivity contribution in [3.05, 3.63) is 102 Å². The molecule has 0 saturated heterocycles. The van der Waals surface area contributed by atoms with Gasteiger partial charge in [0.2, 0.25) is 0 Å². The molecule has 3 aromatic carbocycles. The zero-order valence-corrected chi connectivity index (χ0v) is 15.1. The maximum absolute atomic E-state index is 12.7. The van der Waals surface area contributed by atoms with Gasteiger partial charge in [-0.1, -0.05) is 60.7 Å². The summed E-state index contributed by atoms with van der Waals surface area (Å²) >= 11 is 0. The molecule has 3 heteroatoms. The number of ether oxygens (including phenoxy) is 1. The second-order valence-electron chi connectivity index (χ2n) is 6.29. The van der Waals surface area contributed by atoms with Crippen molar-refractivity contribution >= 4 is 5.91 Å². The molecule has 0 spiro atoms. The Bertz CT molecular complexity index is 790. The molecular formula is C23H23NO2. The molecule has 0 bridgehead atoms. The van der Waals surface area contributed by atoms with E-state index >= 15 is 0 Å². The Morgan fingerprint density at radius 2 is 1.31 bits per heavy atom. The van der Waals surface area contributed by atoms with Gasteiger partial charge in [-0.3, -0.25) is 4.79 Å². The molecule has 0 unspecified atom stereocenters. The van der Waals surface area contributed by atoms with Crippen LogP contribution in [0.3, 0.4) is 0 Å². The number of benzene rings is 3. The van der Waals surface area contributed by atoms with Gasteiger partial charge in [0.15, 0.2) is 0 Å². The minimum atomic E-state index is -0.0861. The summed E-state index contributed by atoms with van der Waals surface area (Å²) in [4.78, 5) is 12.7. The van der Waals surface area contributed by atoms with Gasteiger partial charge in [0.1, 0.15) is 5.75 Å². The van der Waals surface area contributed by atoms with Crippen LogP contribution in [0.15, 0.2) is 84.9 Å². The predicted octanol–water partition coefficient (Wildman–Crippen LogP) is 4.65. The smallest absolute Gasteiger partial charge is 0.251 e. The van der Waals surface area contributed by atoms with Crippen LogP contribution in [0, 0.1) is 0 Å². The predicted molar refractivity (Wildman–Crippen MR) is 105 cm³/mol. The van der Waals surface area contributed by atoms with Crippen LogP contribution in [0.25, 0.3) is 0 Å². The SMILES string of the molecule is COc1ccc(C(=O)N[C@@H](C)C(c2ccccc2)c2ccccc2)cc1. The van der Waals surface area contributed by atoms with Crippen LogP contribution in [0.5, 0.6) is 5.75 Å². The number of rotatable bonds is 6. The molecule has 0 fully saturated rings. The van der Waals surface area contributed by atoms with Crippen LogP contribution in [0.4, 0.5) is 0 Å². The Morgan fingerprint density at radius 1 is 0.808 bits per heavy atom. The van der Waals surface area contributed by atoms with E-state index in [1.54, 1.807) is 31.4 Å². The average molecular weight is 345 g/mol. The van der Waals surface area contributed by atoms with Crippen LogP contribution >= 0.6 is 0 Å². The molecule has 0 radical (unpaired) electrons. The number of carbonyl (C=O) groups is 1. The summed E-state index contributed by atoms with van der Waals surface area (Å²) in [5.74, 6) is 0.734. The van der Waals surface area contributed by atoms with E-state index in [1.165, 1.54) is 11.1 Å². The number of carbonyl (C=O) groups excluding carboxylic acids is 1. The van der Waals surface area contributed by atoms with Gasteiger partial charge in [-0.25, -0.2) is 0 Å². The van der Waals surface area contributed by atoms with Crippen molar-refractivity contribution in [3.8, 4) is 5.75 Å². The maximum Gasteiger partial charge on any atom is 0.251 e. The molecule has 132 valence electrons. The van der Waals surface area contributed by atoms with Gasteiger partial charge in [0.05, 0.1) is 7.11 Å². The van der Waals surface area contributed by atoms with Crippen LogP contribution < -0.4 is 10.1 Å². The number of methoxy groups -OCH3 is 1. The number of hydrogen-bond donors (Lipinski definition) is 1. The quantitative estimate of drug-likeness (QED) is 0.706. The first-order chi connectivity index (χ1) is 12.7. The molecule has 3 rings (SSSR count). The second kappa shape index (κ2) is 8.34. The monoisotopic (exact) mass is 345 g/mol. The lowest BCUT2D eigenvalue weighted by Gasteiger charge is -2.26. The van der Waals surface area contributed by atoms with Crippen molar-refractivity contribution in [3.63, 3.8) is 0 Å². The van der Waals surface area contributed by atoms with Crippen molar-refractivity contribution in [2.24, 2.45) is 0 Å². The van der Waals surface area contributed by atoms with E-state index in [4.69, 9.17) is 4.74 Å². The third kappa shape index (κ3) is 4.12. The van der Waals surface area contributed by atoms with Gasteiger partial charge in [-0.05, 0) is 42.3 Å². The lowest BCUT2D eigenvalue weighted by molar-refractivity contribution is 0.0937. The topological polar surface area (TPSA) is 38.3 Å². The molecule has 0 aliphatic heterocycles. The summed E-state index contributed by atoms with van der Waals surface area (Å²) in [5.41, 5.74) is 2.99. The van der Waals surface area contributed by atoms with E-state index in [1.807, 2.05) is 43.3 Å². The lowest BCUT2D eigenvalue weighted by atomic mass is 9.85. The van der Waals surface area contributed by atoms with Gasteiger partial charge in [0, 0.05) is 17.5 Å². The number of amides is 1. The fourth-order valence-electron chi connectivity index (χ4n) is 3.21. The minimum Gasteiger partial charge on any atom is -0.497 e. The van der Waals surface area contributed by atoms with E-state index in [2.05, 4.69) is 29.6 Å². The molecular weight excluding hydrogens is 322 g/mol. The average Bonchev–Trinajstić information content (AvgIpc) is 2.70. The van der Waals surface area contributed by atoms with Crippen LogP contribution in [0.2, 0.25) is 0 Å². The summed E-state index contributed by atoms with van der Waals surface area (Å²) in [6.45, 7) is 2.05. The van der Waals surface area contributed by atoms with Crippen LogP contribution in [-0.4, -0.2) is 19.1 Å². The fourth-order valence-corrected chi connectivity index (χ4v) is 3.21. The first-order valence-electron chi connectivity index (χ1n) is 8.74. The van der Waals surface area contributed by atoms with E-state index in [0.717, 1.165) is 5.75 Å². The Kier molecular flexibility index (Phi) is 5.69. The van der Waals surface area contributed by atoms with Crippen molar-refractivity contribution in [1.29, 1.82) is 0 Å². The Balaban J connectivity index is 1.83. The molecule has 1 N–H and O–H groups in total. The van der Waals surface area contributed by atoms with E-state index in [0.29, 0.717) is 5.56 Å². The lowest BCUT2D eigenvalue weighted by Crippen LogP contribution is -2.37. The van der Waals surface area contributed by atoms with Crippen LogP contribution in [0.1, 0.15) is 34.3 Å². The molecule has 3 nitrogen and oxygen atoms in total. The Labute approximate surface area is 154 Å². The third-order valence-electron chi connectivity index (χ3n) is 4.53. The number of nitrogens with one attached hydrogen (secondary N) is 1. The standard InChI is InChI=1S/C23H23NO2/c1-17(24-23(25)20-13-15-21(26-2)16-14-20)22(18-9-5-3-6-10-18)19-11-7-4-8-12-19/h3-17,22H,1-2H3,(H,24,25)/t17-/m0/s1. The van der Waals surface area contributed by atoms with Gasteiger partial charge < -0.3 is 10.1 Å². The van der Waals surface area contributed by atoms with Gasteiger partial charge in [-0.15, -0.1) is 0 Å². The first kappa shape index (κ1) is 17.7. The van der Waals surface area contributed by atoms with Crippen LogP contribution in [-0.2, 0) is 0 Å². The van der Waals surface area contributed by atoms with E-state index < -0.39 is 0 Å². The van der Waals surface area contributed by atoms with Crippen molar-refractivity contribution in [2.45, 2.75) is 18.9 Å². The molecule has 26 heavy (non-hydrogen) atoms. The molecule has 0 aliphatic rings. The fraction of sp³-hybridized carbons (Fsp3) is 0.174. The summed E-state index contributed by atoms with van der Waals surface area (Å²) in [6, 6.07) is 27.6. The van der Waals surface area contributed by atoms with Gasteiger partial charge >= 0.3 is 0 Å². The minimum absolute atomic E-state index is 0.0607. The molecule has 1 amide bonds. The molecule has 3 aromatic rings. The summed E-state index contributed by atoms with van der Waals surface area (Å²) in [7, 11) is 1.61. The normalized spacial score (nSPS) is 11.8. The summed E-state index contributed by atoms with van der Waals surface area (Å²) < 4.78 is 5.15. The van der Waals surface area contributed by atoms with Crippen molar-refractivity contribution < 1.29 is 9.53 Å².